The van der Waals surface area contributed by atoms with Gasteiger partial charge in [0.1, 0.15) is 0 Å². The third kappa shape index (κ3) is 2.62. The van der Waals surface area contributed by atoms with Gasteiger partial charge in [-0.2, -0.15) is 0 Å². The van der Waals surface area contributed by atoms with E-state index in [-0.39, 0.29) is 5.54 Å². The molecule has 3 aliphatic carbocycles. The molecule has 1 amide bonds. The molecular formula is C18H30N2O. The van der Waals surface area contributed by atoms with Gasteiger partial charge in [-0.15, -0.1) is 0 Å². The highest BCUT2D eigenvalue weighted by Crippen LogP contribution is 2.45. The van der Waals surface area contributed by atoms with Crippen LogP contribution in [0.2, 0.25) is 0 Å². The lowest BCUT2D eigenvalue weighted by Gasteiger charge is -2.31. The average Bonchev–Trinajstić information content (AvgIpc) is 2.99. The first kappa shape index (κ1) is 14.0. The monoisotopic (exact) mass is 290 g/mol. The van der Waals surface area contributed by atoms with Crippen molar-refractivity contribution in [2.75, 3.05) is 6.54 Å². The number of hydrogen-bond acceptors (Lipinski definition) is 2. The highest BCUT2D eigenvalue weighted by atomic mass is 16.2. The maximum Gasteiger partial charge on any atom is 0.244 e. The van der Waals surface area contributed by atoms with Crippen LogP contribution in [0, 0.1) is 11.8 Å². The second-order valence-corrected chi connectivity index (χ2v) is 8.01. The quantitative estimate of drug-likeness (QED) is 0.860. The fraction of sp³-hybridized carbons (Fsp3) is 0.944. The molecule has 0 bridgehead atoms. The third-order valence-electron chi connectivity index (χ3n) is 6.53. The Labute approximate surface area is 128 Å². The molecule has 0 aromatic carbocycles. The summed E-state index contributed by atoms with van der Waals surface area (Å²) in [6.07, 6.45) is 16.2. The van der Waals surface area contributed by atoms with Crippen molar-refractivity contribution >= 4 is 5.91 Å². The third-order valence-corrected chi connectivity index (χ3v) is 6.53. The summed E-state index contributed by atoms with van der Waals surface area (Å²) in [4.78, 5) is 15.1. The van der Waals surface area contributed by atoms with E-state index in [1.807, 2.05) is 0 Å². The van der Waals surface area contributed by atoms with Crippen molar-refractivity contribution in [2.45, 2.75) is 88.8 Å². The Balaban J connectivity index is 1.41. The first-order chi connectivity index (χ1) is 10.3. The van der Waals surface area contributed by atoms with Gasteiger partial charge in [0, 0.05) is 6.54 Å². The smallest absolute Gasteiger partial charge is 0.244 e. The van der Waals surface area contributed by atoms with Crippen molar-refractivity contribution in [1.82, 2.24) is 10.2 Å². The molecule has 3 heteroatoms. The average molecular weight is 290 g/mol. The minimum absolute atomic E-state index is 0.111. The van der Waals surface area contributed by atoms with Gasteiger partial charge in [-0.05, 0) is 43.9 Å². The minimum atomic E-state index is -0.111. The Bertz CT molecular complexity index is 392. The van der Waals surface area contributed by atoms with E-state index in [2.05, 4.69) is 10.2 Å². The molecule has 1 unspecified atom stereocenters. The second-order valence-electron chi connectivity index (χ2n) is 8.01. The van der Waals surface area contributed by atoms with E-state index in [0.29, 0.717) is 12.1 Å². The van der Waals surface area contributed by atoms with E-state index in [1.165, 1.54) is 64.2 Å². The fourth-order valence-electron chi connectivity index (χ4n) is 4.99. The SMILES string of the molecule is O=C1N(CCC2CCCCC2)C(C2CCCC2)NC12CC2. The predicted molar refractivity (Wildman–Crippen MR) is 83.8 cm³/mol. The zero-order chi connectivity index (χ0) is 14.3. The molecule has 0 aromatic rings. The van der Waals surface area contributed by atoms with Crippen LogP contribution in [0.4, 0.5) is 0 Å². The Morgan fingerprint density at radius 1 is 1.00 bits per heavy atom. The number of nitrogens with one attached hydrogen (secondary N) is 1. The summed E-state index contributed by atoms with van der Waals surface area (Å²) in [6.45, 7) is 1.01. The number of hydrogen-bond donors (Lipinski definition) is 1. The summed E-state index contributed by atoms with van der Waals surface area (Å²) < 4.78 is 0. The van der Waals surface area contributed by atoms with E-state index >= 15 is 0 Å². The number of rotatable bonds is 4. The highest BCUT2D eigenvalue weighted by molar-refractivity contribution is 5.91. The lowest BCUT2D eigenvalue weighted by Crippen LogP contribution is -2.43. The number of amides is 1. The first-order valence-corrected chi connectivity index (χ1v) is 9.37. The Hall–Kier alpha value is -0.570. The standard InChI is InChI=1S/C18H30N2O/c21-17-18(11-12-18)19-16(15-8-4-5-9-15)20(17)13-10-14-6-2-1-3-7-14/h14-16,19H,1-13H2. The Morgan fingerprint density at radius 2 is 1.67 bits per heavy atom. The molecule has 4 rings (SSSR count). The summed E-state index contributed by atoms with van der Waals surface area (Å²) in [6, 6.07) is 0. The summed E-state index contributed by atoms with van der Waals surface area (Å²) in [5, 5.41) is 3.75. The van der Waals surface area contributed by atoms with Gasteiger partial charge in [0.05, 0.1) is 11.7 Å². The van der Waals surface area contributed by atoms with Gasteiger partial charge in [0.2, 0.25) is 5.91 Å². The zero-order valence-electron chi connectivity index (χ0n) is 13.3. The van der Waals surface area contributed by atoms with Crippen molar-refractivity contribution in [3.05, 3.63) is 0 Å². The van der Waals surface area contributed by atoms with Gasteiger partial charge in [0.25, 0.3) is 0 Å². The second kappa shape index (κ2) is 5.57. The maximum atomic E-state index is 12.8. The molecule has 3 saturated carbocycles. The lowest BCUT2D eigenvalue weighted by molar-refractivity contribution is -0.131. The number of nitrogens with zero attached hydrogens (tertiary/aromatic N) is 1. The largest absolute Gasteiger partial charge is 0.325 e. The van der Waals surface area contributed by atoms with Crippen LogP contribution in [-0.4, -0.2) is 29.1 Å². The molecule has 118 valence electrons. The van der Waals surface area contributed by atoms with Crippen molar-refractivity contribution in [2.24, 2.45) is 11.8 Å². The normalized spacial score (nSPS) is 33.2. The Morgan fingerprint density at radius 3 is 2.33 bits per heavy atom. The molecule has 1 N–H and O–H groups in total. The molecule has 1 spiro atoms. The molecule has 1 aliphatic heterocycles. The summed E-state index contributed by atoms with van der Waals surface area (Å²) >= 11 is 0. The van der Waals surface area contributed by atoms with E-state index in [4.69, 9.17) is 0 Å². The fourth-order valence-corrected chi connectivity index (χ4v) is 4.99. The molecule has 0 aromatic heterocycles. The Kier molecular flexibility index (Phi) is 3.72. The summed E-state index contributed by atoms with van der Waals surface area (Å²) in [7, 11) is 0. The van der Waals surface area contributed by atoms with Crippen LogP contribution in [0.15, 0.2) is 0 Å². The van der Waals surface area contributed by atoms with E-state index in [9.17, 15) is 4.79 Å². The van der Waals surface area contributed by atoms with Crippen LogP contribution in [0.25, 0.3) is 0 Å². The maximum absolute atomic E-state index is 12.8. The minimum Gasteiger partial charge on any atom is -0.325 e. The van der Waals surface area contributed by atoms with Gasteiger partial charge < -0.3 is 4.90 Å². The summed E-state index contributed by atoms with van der Waals surface area (Å²) in [5.74, 6) is 2.04. The molecule has 4 aliphatic rings. The molecular weight excluding hydrogens is 260 g/mol. The van der Waals surface area contributed by atoms with Crippen LogP contribution in [0.1, 0.15) is 77.0 Å². The van der Waals surface area contributed by atoms with Crippen LogP contribution in [0.3, 0.4) is 0 Å². The summed E-state index contributed by atoms with van der Waals surface area (Å²) in [5.41, 5.74) is -0.111. The van der Waals surface area contributed by atoms with Crippen molar-refractivity contribution < 1.29 is 4.79 Å². The van der Waals surface area contributed by atoms with Crippen molar-refractivity contribution in [3.8, 4) is 0 Å². The molecule has 21 heavy (non-hydrogen) atoms. The first-order valence-electron chi connectivity index (χ1n) is 9.37. The van der Waals surface area contributed by atoms with E-state index in [1.54, 1.807) is 0 Å². The van der Waals surface area contributed by atoms with Gasteiger partial charge in [-0.1, -0.05) is 44.9 Å². The predicted octanol–water partition coefficient (Wildman–Crippen LogP) is 3.44. The van der Waals surface area contributed by atoms with Gasteiger partial charge >= 0.3 is 0 Å². The number of carbonyl (C=O) groups is 1. The molecule has 1 atom stereocenters. The van der Waals surface area contributed by atoms with Crippen molar-refractivity contribution in [3.63, 3.8) is 0 Å². The van der Waals surface area contributed by atoms with Crippen LogP contribution >= 0.6 is 0 Å². The van der Waals surface area contributed by atoms with Crippen LogP contribution in [0.5, 0.6) is 0 Å². The lowest BCUT2D eigenvalue weighted by atomic mass is 9.87. The van der Waals surface area contributed by atoms with E-state index < -0.39 is 0 Å². The number of carbonyl (C=O) groups excluding carboxylic acids is 1. The van der Waals surface area contributed by atoms with Gasteiger partial charge in [-0.25, -0.2) is 0 Å². The molecule has 3 nitrogen and oxygen atoms in total. The molecule has 4 fully saturated rings. The topological polar surface area (TPSA) is 32.3 Å². The highest BCUT2D eigenvalue weighted by Gasteiger charge is 2.60. The zero-order valence-corrected chi connectivity index (χ0v) is 13.3. The molecule has 1 heterocycles. The molecule has 1 saturated heterocycles. The molecule has 0 radical (unpaired) electrons. The van der Waals surface area contributed by atoms with Crippen molar-refractivity contribution in [1.29, 1.82) is 0 Å². The van der Waals surface area contributed by atoms with Crippen LogP contribution < -0.4 is 5.32 Å². The van der Waals surface area contributed by atoms with Crippen LogP contribution in [-0.2, 0) is 4.79 Å². The van der Waals surface area contributed by atoms with Gasteiger partial charge in [-0.3, -0.25) is 10.1 Å². The van der Waals surface area contributed by atoms with Gasteiger partial charge in [0.15, 0.2) is 0 Å². The van der Waals surface area contributed by atoms with E-state index in [0.717, 1.165) is 31.2 Å².